The van der Waals surface area contributed by atoms with E-state index in [1.54, 1.807) is 17.8 Å². The summed E-state index contributed by atoms with van der Waals surface area (Å²) in [6.07, 6.45) is 3.17. The Morgan fingerprint density at radius 2 is 2.21 bits per heavy atom. The molecule has 2 aromatic rings. The van der Waals surface area contributed by atoms with E-state index in [0.29, 0.717) is 0 Å². The molecule has 0 aliphatic carbocycles. The lowest BCUT2D eigenvalue weighted by molar-refractivity contribution is 0.199. The highest BCUT2D eigenvalue weighted by atomic mass is 16.3. The Morgan fingerprint density at radius 3 is 2.86 bits per heavy atom. The molecule has 0 aliphatic heterocycles. The first-order valence-electron chi connectivity index (χ1n) is 4.55. The number of aliphatic hydroxyl groups is 1. The highest BCUT2D eigenvalue weighted by molar-refractivity contribution is 5.35. The van der Waals surface area contributed by atoms with Crippen molar-refractivity contribution in [3.05, 3.63) is 48.3 Å². The van der Waals surface area contributed by atoms with Crippen molar-refractivity contribution in [2.24, 2.45) is 0 Å². The molecule has 1 heterocycles. The normalized spacial score (nSPS) is 12.7. The lowest BCUT2D eigenvalue weighted by atomic mass is 10.1. The fourth-order valence-corrected chi connectivity index (χ4v) is 1.35. The maximum atomic E-state index is 9.42. The van der Waals surface area contributed by atoms with Gasteiger partial charge in [0.15, 0.2) is 0 Å². The van der Waals surface area contributed by atoms with E-state index in [-0.39, 0.29) is 0 Å². The van der Waals surface area contributed by atoms with Crippen molar-refractivity contribution < 1.29 is 5.11 Å². The molecule has 72 valence electrons. The smallest absolute Gasteiger partial charge is 0.0762 e. The molecule has 1 atom stereocenters. The van der Waals surface area contributed by atoms with Crippen molar-refractivity contribution in [2.75, 3.05) is 0 Å². The van der Waals surface area contributed by atoms with Crippen LogP contribution >= 0.6 is 0 Å². The number of benzene rings is 1. The van der Waals surface area contributed by atoms with E-state index in [9.17, 15) is 5.11 Å². The van der Waals surface area contributed by atoms with Crippen molar-refractivity contribution >= 4 is 0 Å². The van der Waals surface area contributed by atoms with Crippen LogP contribution in [0.3, 0.4) is 0 Å². The molecule has 1 aromatic carbocycles. The van der Waals surface area contributed by atoms with Gasteiger partial charge in [0.1, 0.15) is 0 Å². The summed E-state index contributed by atoms with van der Waals surface area (Å²) in [7, 11) is 0. The van der Waals surface area contributed by atoms with Crippen LogP contribution in [-0.2, 0) is 0 Å². The first kappa shape index (κ1) is 8.97. The highest BCUT2D eigenvalue weighted by Crippen LogP contribution is 2.15. The molecule has 0 amide bonds. The van der Waals surface area contributed by atoms with Gasteiger partial charge in [-0.3, -0.25) is 0 Å². The molecular formula is C11H12N2O. The van der Waals surface area contributed by atoms with Gasteiger partial charge in [0.25, 0.3) is 0 Å². The summed E-state index contributed by atoms with van der Waals surface area (Å²) in [5.74, 6) is 0. The second kappa shape index (κ2) is 3.64. The summed E-state index contributed by atoms with van der Waals surface area (Å²) in [4.78, 5) is 0. The Kier molecular flexibility index (Phi) is 2.33. The van der Waals surface area contributed by atoms with E-state index in [1.165, 1.54) is 0 Å². The van der Waals surface area contributed by atoms with Gasteiger partial charge in [-0.15, -0.1) is 0 Å². The number of aliphatic hydroxyl groups excluding tert-OH is 1. The van der Waals surface area contributed by atoms with Crippen LogP contribution in [0.1, 0.15) is 18.6 Å². The average molecular weight is 188 g/mol. The number of hydrogen-bond acceptors (Lipinski definition) is 2. The van der Waals surface area contributed by atoms with Crippen LogP contribution < -0.4 is 0 Å². The SMILES string of the molecule is CC(O)c1cccc(-n2cccn2)c1. The zero-order chi connectivity index (χ0) is 9.97. The average Bonchev–Trinajstić information content (AvgIpc) is 2.71. The largest absolute Gasteiger partial charge is 0.389 e. The van der Waals surface area contributed by atoms with Crippen LogP contribution in [0, 0.1) is 0 Å². The molecule has 0 spiro atoms. The molecule has 1 aromatic heterocycles. The number of nitrogens with zero attached hydrogens (tertiary/aromatic N) is 2. The Hall–Kier alpha value is -1.61. The molecular weight excluding hydrogens is 176 g/mol. The zero-order valence-electron chi connectivity index (χ0n) is 7.96. The Bertz CT molecular complexity index is 407. The van der Waals surface area contributed by atoms with E-state index >= 15 is 0 Å². The molecule has 3 heteroatoms. The van der Waals surface area contributed by atoms with Gasteiger partial charge >= 0.3 is 0 Å². The van der Waals surface area contributed by atoms with Crippen molar-refractivity contribution in [3.63, 3.8) is 0 Å². The quantitative estimate of drug-likeness (QED) is 0.782. The standard InChI is InChI=1S/C11H12N2O/c1-9(14)10-4-2-5-11(8-10)13-7-3-6-12-13/h2-9,14H,1H3. The summed E-state index contributed by atoms with van der Waals surface area (Å²) in [5.41, 5.74) is 1.87. The van der Waals surface area contributed by atoms with Crippen LogP contribution in [-0.4, -0.2) is 14.9 Å². The summed E-state index contributed by atoms with van der Waals surface area (Å²) in [6.45, 7) is 1.75. The zero-order valence-corrected chi connectivity index (χ0v) is 7.96. The van der Waals surface area contributed by atoms with E-state index in [2.05, 4.69) is 5.10 Å². The van der Waals surface area contributed by atoms with Crippen molar-refractivity contribution in [1.82, 2.24) is 9.78 Å². The van der Waals surface area contributed by atoms with E-state index in [0.717, 1.165) is 11.3 Å². The van der Waals surface area contributed by atoms with Crippen LogP contribution in [0.25, 0.3) is 5.69 Å². The summed E-state index contributed by atoms with van der Waals surface area (Å²) in [6, 6.07) is 9.57. The molecule has 0 saturated heterocycles. The number of rotatable bonds is 2. The van der Waals surface area contributed by atoms with Gasteiger partial charge in [-0.25, -0.2) is 4.68 Å². The fraction of sp³-hybridized carbons (Fsp3) is 0.182. The summed E-state index contributed by atoms with van der Waals surface area (Å²) in [5, 5.41) is 13.5. The molecule has 0 fully saturated rings. The first-order chi connectivity index (χ1) is 6.77. The van der Waals surface area contributed by atoms with Gasteiger partial charge in [-0.05, 0) is 30.7 Å². The number of aromatic nitrogens is 2. The summed E-state index contributed by atoms with van der Waals surface area (Å²) >= 11 is 0. The molecule has 0 radical (unpaired) electrons. The molecule has 0 saturated carbocycles. The lowest BCUT2D eigenvalue weighted by Gasteiger charge is -2.07. The molecule has 14 heavy (non-hydrogen) atoms. The molecule has 0 bridgehead atoms. The second-order valence-corrected chi connectivity index (χ2v) is 3.22. The minimum atomic E-state index is -0.439. The van der Waals surface area contributed by atoms with Crippen molar-refractivity contribution in [1.29, 1.82) is 0 Å². The third-order valence-corrected chi connectivity index (χ3v) is 2.12. The van der Waals surface area contributed by atoms with Crippen molar-refractivity contribution in [2.45, 2.75) is 13.0 Å². The van der Waals surface area contributed by atoms with Gasteiger partial charge < -0.3 is 5.11 Å². The van der Waals surface area contributed by atoms with E-state index in [4.69, 9.17) is 0 Å². The molecule has 1 unspecified atom stereocenters. The Morgan fingerprint density at radius 1 is 1.36 bits per heavy atom. The second-order valence-electron chi connectivity index (χ2n) is 3.22. The predicted molar refractivity (Wildman–Crippen MR) is 54.2 cm³/mol. The van der Waals surface area contributed by atoms with E-state index in [1.807, 2.05) is 36.5 Å². The maximum absolute atomic E-state index is 9.42. The van der Waals surface area contributed by atoms with Crippen LogP contribution in [0.2, 0.25) is 0 Å². The van der Waals surface area contributed by atoms with Gasteiger partial charge in [0.2, 0.25) is 0 Å². The van der Waals surface area contributed by atoms with Gasteiger partial charge in [-0.2, -0.15) is 5.10 Å². The third-order valence-electron chi connectivity index (χ3n) is 2.12. The van der Waals surface area contributed by atoms with E-state index < -0.39 is 6.10 Å². The molecule has 0 aliphatic rings. The molecule has 3 nitrogen and oxygen atoms in total. The lowest BCUT2D eigenvalue weighted by Crippen LogP contribution is -1.97. The summed E-state index contributed by atoms with van der Waals surface area (Å²) < 4.78 is 1.77. The first-order valence-corrected chi connectivity index (χ1v) is 4.55. The minimum absolute atomic E-state index is 0.439. The minimum Gasteiger partial charge on any atom is -0.389 e. The monoisotopic (exact) mass is 188 g/mol. The third kappa shape index (κ3) is 1.67. The van der Waals surface area contributed by atoms with Crippen LogP contribution in [0.4, 0.5) is 0 Å². The maximum Gasteiger partial charge on any atom is 0.0762 e. The van der Waals surface area contributed by atoms with Crippen LogP contribution in [0.15, 0.2) is 42.7 Å². The van der Waals surface area contributed by atoms with Gasteiger partial charge in [-0.1, -0.05) is 12.1 Å². The van der Waals surface area contributed by atoms with Crippen molar-refractivity contribution in [3.8, 4) is 5.69 Å². The van der Waals surface area contributed by atoms with Gasteiger partial charge in [0, 0.05) is 12.4 Å². The molecule has 2 rings (SSSR count). The Balaban J connectivity index is 2.41. The van der Waals surface area contributed by atoms with Gasteiger partial charge in [0.05, 0.1) is 11.8 Å². The number of hydrogen-bond donors (Lipinski definition) is 1. The highest BCUT2D eigenvalue weighted by Gasteiger charge is 2.02. The van der Waals surface area contributed by atoms with Crippen LogP contribution in [0.5, 0.6) is 0 Å². The fourth-order valence-electron chi connectivity index (χ4n) is 1.35. The Labute approximate surface area is 82.6 Å². The topological polar surface area (TPSA) is 38.0 Å². The predicted octanol–water partition coefficient (Wildman–Crippen LogP) is 1.93. The molecule has 1 N–H and O–H groups in total.